The number of aromatic nitrogens is 1. The summed E-state index contributed by atoms with van der Waals surface area (Å²) in [6.45, 7) is 7.38. The van der Waals surface area contributed by atoms with Gasteiger partial charge in [0, 0.05) is 32.4 Å². The third-order valence-electron chi connectivity index (χ3n) is 3.08. The van der Waals surface area contributed by atoms with E-state index in [1.54, 1.807) is 0 Å². The summed E-state index contributed by atoms with van der Waals surface area (Å²) in [6.07, 6.45) is 3.90. The van der Waals surface area contributed by atoms with Crippen LogP contribution in [0, 0.1) is 20.8 Å². The van der Waals surface area contributed by atoms with Crippen molar-refractivity contribution in [2.75, 3.05) is 6.61 Å². The summed E-state index contributed by atoms with van der Waals surface area (Å²) in [4.78, 5) is 0. The molecule has 1 saturated heterocycles. The SMILES string of the molecule is Cc1cc(C)[n+](C2CCCCO2)c(C)c1. The molecule has 0 radical (unpaired) electrons. The lowest BCUT2D eigenvalue weighted by atomic mass is 10.1. The number of pyridine rings is 1. The Morgan fingerprint density at radius 1 is 1.13 bits per heavy atom. The maximum atomic E-state index is 5.83. The Morgan fingerprint density at radius 2 is 1.80 bits per heavy atom. The standard InChI is InChI=1S/C13H20NO/c1-10-8-11(2)14(12(3)9-10)13-6-4-5-7-15-13/h8-9,13H,4-7H2,1-3H3/q+1. The molecule has 2 heterocycles. The molecular weight excluding hydrogens is 186 g/mol. The monoisotopic (exact) mass is 206 g/mol. The molecule has 0 saturated carbocycles. The minimum atomic E-state index is 0.263. The van der Waals surface area contributed by atoms with Crippen LogP contribution in [0.2, 0.25) is 0 Å². The maximum absolute atomic E-state index is 5.83. The van der Waals surface area contributed by atoms with E-state index >= 15 is 0 Å². The van der Waals surface area contributed by atoms with Crippen molar-refractivity contribution in [1.82, 2.24) is 0 Å². The van der Waals surface area contributed by atoms with E-state index in [1.165, 1.54) is 29.8 Å². The van der Waals surface area contributed by atoms with Crippen molar-refractivity contribution in [3.8, 4) is 0 Å². The highest BCUT2D eigenvalue weighted by Crippen LogP contribution is 2.19. The van der Waals surface area contributed by atoms with Gasteiger partial charge in [0.2, 0.25) is 0 Å². The van der Waals surface area contributed by atoms with E-state index in [0.717, 1.165) is 13.0 Å². The van der Waals surface area contributed by atoms with Crippen molar-refractivity contribution >= 4 is 0 Å². The van der Waals surface area contributed by atoms with Gasteiger partial charge in [-0.25, -0.2) is 0 Å². The summed E-state index contributed by atoms with van der Waals surface area (Å²) in [5.74, 6) is 0. The molecule has 0 N–H and O–H groups in total. The molecule has 1 atom stereocenters. The number of rotatable bonds is 1. The van der Waals surface area contributed by atoms with Gasteiger partial charge in [0.25, 0.3) is 6.23 Å². The smallest absolute Gasteiger partial charge is 0.262 e. The van der Waals surface area contributed by atoms with E-state index in [-0.39, 0.29) is 6.23 Å². The van der Waals surface area contributed by atoms with Crippen LogP contribution in [-0.4, -0.2) is 6.61 Å². The van der Waals surface area contributed by atoms with Crippen LogP contribution in [0.4, 0.5) is 0 Å². The molecule has 1 unspecified atom stereocenters. The van der Waals surface area contributed by atoms with Crippen LogP contribution in [0.3, 0.4) is 0 Å². The third-order valence-corrected chi connectivity index (χ3v) is 3.08. The first-order valence-electron chi connectivity index (χ1n) is 5.79. The van der Waals surface area contributed by atoms with Crippen molar-refractivity contribution in [1.29, 1.82) is 0 Å². The summed E-state index contributed by atoms with van der Waals surface area (Å²) in [5, 5.41) is 0. The highest BCUT2D eigenvalue weighted by molar-refractivity contribution is 5.13. The largest absolute Gasteiger partial charge is 0.321 e. The Morgan fingerprint density at radius 3 is 2.33 bits per heavy atom. The van der Waals surface area contributed by atoms with E-state index in [2.05, 4.69) is 37.5 Å². The van der Waals surface area contributed by atoms with Crippen LogP contribution in [0.25, 0.3) is 0 Å². The zero-order chi connectivity index (χ0) is 10.8. The second-order valence-corrected chi connectivity index (χ2v) is 4.51. The molecule has 2 rings (SSSR count). The zero-order valence-electron chi connectivity index (χ0n) is 9.92. The van der Waals surface area contributed by atoms with Crippen LogP contribution in [0.1, 0.15) is 42.4 Å². The molecule has 0 bridgehead atoms. The quantitative estimate of drug-likeness (QED) is 0.644. The molecule has 1 aromatic heterocycles. The summed E-state index contributed by atoms with van der Waals surface area (Å²) in [6, 6.07) is 4.45. The Kier molecular flexibility index (Phi) is 3.06. The van der Waals surface area contributed by atoms with E-state index in [0.29, 0.717) is 0 Å². The van der Waals surface area contributed by atoms with Gasteiger partial charge in [0.1, 0.15) is 0 Å². The number of hydrogen-bond donors (Lipinski definition) is 0. The first-order chi connectivity index (χ1) is 7.18. The average Bonchev–Trinajstić information content (AvgIpc) is 2.17. The van der Waals surface area contributed by atoms with Crippen molar-refractivity contribution in [3.63, 3.8) is 0 Å². The minimum absolute atomic E-state index is 0.263. The van der Waals surface area contributed by atoms with Crippen molar-refractivity contribution < 1.29 is 9.30 Å². The number of aryl methyl sites for hydroxylation is 3. The molecule has 1 fully saturated rings. The predicted molar refractivity (Wildman–Crippen MR) is 59.7 cm³/mol. The van der Waals surface area contributed by atoms with Gasteiger partial charge in [0.05, 0.1) is 6.61 Å². The Bertz CT molecular complexity index is 331. The number of nitrogens with zero attached hydrogens (tertiary/aromatic N) is 1. The van der Waals surface area contributed by atoms with Crippen LogP contribution in [0.15, 0.2) is 12.1 Å². The molecule has 15 heavy (non-hydrogen) atoms. The molecule has 82 valence electrons. The highest BCUT2D eigenvalue weighted by atomic mass is 16.5. The van der Waals surface area contributed by atoms with Crippen LogP contribution < -0.4 is 4.57 Å². The lowest BCUT2D eigenvalue weighted by Crippen LogP contribution is -2.47. The van der Waals surface area contributed by atoms with E-state index < -0.39 is 0 Å². The Labute approximate surface area is 91.9 Å². The number of ether oxygens (including phenoxy) is 1. The van der Waals surface area contributed by atoms with Crippen LogP contribution >= 0.6 is 0 Å². The van der Waals surface area contributed by atoms with Crippen molar-refractivity contribution in [2.45, 2.75) is 46.3 Å². The van der Waals surface area contributed by atoms with Gasteiger partial charge in [-0.2, -0.15) is 4.57 Å². The fourth-order valence-corrected chi connectivity index (χ4v) is 2.50. The van der Waals surface area contributed by atoms with Gasteiger partial charge in [0.15, 0.2) is 11.4 Å². The van der Waals surface area contributed by atoms with Gasteiger partial charge in [-0.3, -0.25) is 0 Å². The second-order valence-electron chi connectivity index (χ2n) is 4.51. The fourth-order valence-electron chi connectivity index (χ4n) is 2.50. The summed E-state index contributed by atoms with van der Waals surface area (Å²) < 4.78 is 8.15. The van der Waals surface area contributed by atoms with Crippen LogP contribution in [-0.2, 0) is 4.74 Å². The molecular formula is C13H20NO+. The molecule has 2 nitrogen and oxygen atoms in total. The molecule has 2 heteroatoms. The lowest BCUT2D eigenvalue weighted by Gasteiger charge is -2.20. The highest BCUT2D eigenvalue weighted by Gasteiger charge is 2.26. The van der Waals surface area contributed by atoms with E-state index in [4.69, 9.17) is 4.74 Å². The fraction of sp³-hybridized carbons (Fsp3) is 0.615. The molecule has 1 aromatic rings. The second kappa shape index (κ2) is 4.31. The maximum Gasteiger partial charge on any atom is 0.262 e. The van der Waals surface area contributed by atoms with E-state index in [9.17, 15) is 0 Å². The van der Waals surface area contributed by atoms with Crippen molar-refractivity contribution in [3.05, 3.63) is 29.1 Å². The van der Waals surface area contributed by atoms with Gasteiger partial charge in [-0.1, -0.05) is 0 Å². The summed E-state index contributed by atoms with van der Waals surface area (Å²) in [5.41, 5.74) is 3.94. The predicted octanol–water partition coefficient (Wildman–Crippen LogP) is 2.60. The van der Waals surface area contributed by atoms with Crippen LogP contribution in [0.5, 0.6) is 0 Å². The first kappa shape index (κ1) is 10.6. The topological polar surface area (TPSA) is 13.1 Å². The van der Waals surface area contributed by atoms with Gasteiger partial charge < -0.3 is 4.74 Å². The third kappa shape index (κ3) is 2.20. The zero-order valence-corrected chi connectivity index (χ0v) is 9.92. The molecule has 1 aliphatic heterocycles. The minimum Gasteiger partial charge on any atom is -0.321 e. The molecule has 0 aromatic carbocycles. The first-order valence-corrected chi connectivity index (χ1v) is 5.79. The van der Waals surface area contributed by atoms with E-state index in [1.807, 2.05) is 0 Å². The van der Waals surface area contributed by atoms with Gasteiger partial charge >= 0.3 is 0 Å². The lowest BCUT2D eigenvalue weighted by molar-refractivity contribution is -0.774. The van der Waals surface area contributed by atoms with Gasteiger partial charge in [-0.15, -0.1) is 0 Å². The average molecular weight is 206 g/mol. The Hall–Kier alpha value is -0.890. The molecule has 0 amide bonds. The normalized spacial score (nSPS) is 21.7. The molecule has 0 aliphatic carbocycles. The summed E-state index contributed by atoms with van der Waals surface area (Å²) in [7, 11) is 0. The Balaban J connectivity index is 2.33. The van der Waals surface area contributed by atoms with Crippen molar-refractivity contribution in [2.24, 2.45) is 0 Å². The van der Waals surface area contributed by atoms with Gasteiger partial charge in [-0.05, 0) is 25.3 Å². The number of hydrogen-bond acceptors (Lipinski definition) is 1. The molecule has 1 aliphatic rings. The molecule has 0 spiro atoms. The summed E-state index contributed by atoms with van der Waals surface area (Å²) >= 11 is 0.